The minimum atomic E-state index is -0.442. The first-order valence-electron chi connectivity index (χ1n) is 10.1. The van der Waals surface area contributed by atoms with Crippen LogP contribution in [0.25, 0.3) is 22.2 Å². The molecule has 4 aromatic rings. The number of hydrogen-bond acceptors (Lipinski definition) is 4. The lowest BCUT2D eigenvalue weighted by Gasteiger charge is -2.19. The zero-order valence-corrected chi connectivity index (χ0v) is 17.4. The molecule has 2 aromatic carbocycles. The minimum absolute atomic E-state index is 0.316. The van der Waals surface area contributed by atoms with Crippen molar-refractivity contribution in [3.8, 4) is 17.0 Å². The predicted octanol–water partition coefficient (Wildman–Crippen LogP) is 4.42. The molecule has 0 saturated heterocycles. The fraction of sp³-hybridized carbons (Fsp3) is 0.160. The third kappa shape index (κ3) is 3.92. The summed E-state index contributed by atoms with van der Waals surface area (Å²) in [5.41, 5.74) is 3.03. The lowest BCUT2D eigenvalue weighted by atomic mass is 10.0. The van der Waals surface area contributed by atoms with E-state index in [-0.39, 0.29) is 5.91 Å². The molecule has 0 aliphatic heterocycles. The van der Waals surface area contributed by atoms with Gasteiger partial charge in [0, 0.05) is 23.1 Å². The molecular weight excluding hydrogens is 390 g/mol. The molecule has 0 aliphatic rings. The van der Waals surface area contributed by atoms with Crippen LogP contribution in [0.1, 0.15) is 35.4 Å². The summed E-state index contributed by atoms with van der Waals surface area (Å²) in [5, 5.41) is 16.0. The van der Waals surface area contributed by atoms with Gasteiger partial charge in [0.25, 0.3) is 5.91 Å². The van der Waals surface area contributed by atoms with Gasteiger partial charge in [0.2, 0.25) is 5.69 Å². The molecule has 1 amide bonds. The molecule has 6 nitrogen and oxygen atoms in total. The Kier molecular flexibility index (Phi) is 5.80. The molecular formula is C25H23N3O3. The highest BCUT2D eigenvalue weighted by Crippen LogP contribution is 2.36. The first-order valence-corrected chi connectivity index (χ1v) is 10.1. The lowest BCUT2D eigenvalue weighted by Crippen LogP contribution is -2.39. The van der Waals surface area contributed by atoms with Crippen molar-refractivity contribution in [1.29, 1.82) is 0 Å². The van der Waals surface area contributed by atoms with Gasteiger partial charge in [-0.3, -0.25) is 4.79 Å². The molecule has 0 radical (unpaired) electrons. The number of rotatable bonds is 6. The number of ether oxygens (including phenoxy) is 1. The Morgan fingerprint density at radius 3 is 2.48 bits per heavy atom. The van der Waals surface area contributed by atoms with Crippen LogP contribution >= 0.6 is 0 Å². The van der Waals surface area contributed by atoms with E-state index in [1.165, 1.54) is 13.3 Å². The second-order valence-electron chi connectivity index (χ2n) is 7.14. The van der Waals surface area contributed by atoms with E-state index in [0.717, 1.165) is 10.3 Å². The number of nitrogens with one attached hydrogen (secondary N) is 1. The van der Waals surface area contributed by atoms with Gasteiger partial charge in [0.1, 0.15) is 11.7 Å². The maximum absolute atomic E-state index is 13.5. The monoisotopic (exact) mass is 413 g/mol. The van der Waals surface area contributed by atoms with Crippen LogP contribution in [-0.2, 0) is 0 Å². The normalized spacial score (nSPS) is 11.8. The Bertz CT molecular complexity index is 1230. The van der Waals surface area contributed by atoms with Crippen molar-refractivity contribution < 1.29 is 14.3 Å². The largest absolute Gasteiger partial charge is 0.618 e. The molecule has 1 N–H and O–H groups in total. The minimum Gasteiger partial charge on any atom is -0.618 e. The molecule has 0 aliphatic carbocycles. The first kappa shape index (κ1) is 20.3. The number of amides is 1. The average Bonchev–Trinajstić information content (AvgIpc) is 2.82. The summed E-state index contributed by atoms with van der Waals surface area (Å²) in [6.45, 7) is 1.93. The Balaban J connectivity index is 1.86. The molecule has 2 heterocycles. The van der Waals surface area contributed by atoms with Gasteiger partial charge >= 0.3 is 0 Å². The number of methoxy groups -OCH3 is 1. The maximum atomic E-state index is 13.5. The number of hydrogen-bond donors (Lipinski definition) is 1. The summed E-state index contributed by atoms with van der Waals surface area (Å²) in [6, 6.07) is 21.8. The summed E-state index contributed by atoms with van der Waals surface area (Å²) >= 11 is 0. The van der Waals surface area contributed by atoms with Crippen LogP contribution in [0.15, 0.2) is 79.0 Å². The number of benzene rings is 2. The Hall–Kier alpha value is -3.93. The van der Waals surface area contributed by atoms with Gasteiger partial charge < -0.3 is 15.3 Å². The van der Waals surface area contributed by atoms with Gasteiger partial charge in [0.15, 0.2) is 11.9 Å². The van der Waals surface area contributed by atoms with Crippen molar-refractivity contribution in [2.24, 2.45) is 0 Å². The van der Waals surface area contributed by atoms with Gasteiger partial charge in [-0.25, -0.2) is 4.98 Å². The molecule has 1 atom stereocenters. The Morgan fingerprint density at radius 1 is 1.06 bits per heavy atom. The molecule has 1 unspecified atom stereocenters. The lowest BCUT2D eigenvalue weighted by molar-refractivity contribution is -0.616. The summed E-state index contributed by atoms with van der Waals surface area (Å²) in [7, 11) is 1.54. The van der Waals surface area contributed by atoms with Crippen molar-refractivity contribution in [3.05, 3.63) is 95.5 Å². The molecule has 0 spiro atoms. The average molecular weight is 413 g/mol. The summed E-state index contributed by atoms with van der Waals surface area (Å²) in [6.07, 6.45) is 1.99. The zero-order valence-electron chi connectivity index (χ0n) is 17.4. The van der Waals surface area contributed by atoms with Crippen LogP contribution in [0.2, 0.25) is 0 Å². The standard InChI is InChI=1S/C25H23N3O3/c1-3-19(21-15-9-10-16-28(21)30)27-25(29)22-18-13-7-8-14-20(18)26-23(24(22)31-2)17-11-5-4-6-12-17/h4-16,19H,3H2,1-2H3,(H,27,29). The van der Waals surface area contributed by atoms with E-state index in [1.54, 1.807) is 18.2 Å². The molecule has 4 rings (SSSR count). The highest BCUT2D eigenvalue weighted by atomic mass is 16.5. The van der Waals surface area contributed by atoms with E-state index in [1.807, 2.05) is 61.5 Å². The van der Waals surface area contributed by atoms with Crippen LogP contribution < -0.4 is 14.8 Å². The fourth-order valence-electron chi connectivity index (χ4n) is 3.74. The van der Waals surface area contributed by atoms with Crippen molar-refractivity contribution in [1.82, 2.24) is 10.3 Å². The van der Waals surface area contributed by atoms with E-state index in [2.05, 4.69) is 5.32 Å². The topological polar surface area (TPSA) is 78.2 Å². The van der Waals surface area contributed by atoms with Gasteiger partial charge in [-0.1, -0.05) is 55.5 Å². The molecule has 2 aromatic heterocycles. The number of pyridine rings is 2. The number of carbonyl (C=O) groups excluding carboxylic acids is 1. The van der Waals surface area contributed by atoms with E-state index >= 15 is 0 Å². The van der Waals surface area contributed by atoms with Crippen molar-refractivity contribution in [2.75, 3.05) is 7.11 Å². The summed E-state index contributed by atoms with van der Waals surface area (Å²) in [5.74, 6) is 0.0867. The number of nitrogens with zero attached hydrogens (tertiary/aromatic N) is 2. The van der Waals surface area contributed by atoms with Gasteiger partial charge in [-0.2, -0.15) is 4.73 Å². The zero-order chi connectivity index (χ0) is 21.8. The molecule has 0 fully saturated rings. The quantitative estimate of drug-likeness (QED) is 0.375. The number of carbonyl (C=O) groups is 1. The highest BCUT2D eigenvalue weighted by molar-refractivity contribution is 6.10. The van der Waals surface area contributed by atoms with E-state index < -0.39 is 6.04 Å². The Morgan fingerprint density at radius 2 is 1.77 bits per heavy atom. The van der Waals surface area contributed by atoms with E-state index in [9.17, 15) is 10.0 Å². The van der Waals surface area contributed by atoms with Crippen molar-refractivity contribution >= 4 is 16.8 Å². The third-order valence-corrected chi connectivity index (χ3v) is 5.25. The molecule has 6 heteroatoms. The van der Waals surface area contributed by atoms with Crippen molar-refractivity contribution in [3.63, 3.8) is 0 Å². The number of aromatic nitrogens is 2. The second kappa shape index (κ2) is 8.83. The predicted molar refractivity (Wildman–Crippen MR) is 120 cm³/mol. The fourth-order valence-corrected chi connectivity index (χ4v) is 3.74. The van der Waals surface area contributed by atoms with Gasteiger partial charge in [-0.05, 0) is 18.6 Å². The number of fused-ring (bicyclic) bond motifs is 1. The van der Waals surface area contributed by atoms with Crippen LogP contribution in [-0.4, -0.2) is 18.0 Å². The molecule has 0 saturated carbocycles. The molecule has 0 bridgehead atoms. The van der Waals surface area contributed by atoms with E-state index in [4.69, 9.17) is 9.72 Å². The summed E-state index contributed by atoms with van der Waals surface area (Å²) < 4.78 is 6.50. The number of para-hydroxylation sites is 1. The van der Waals surface area contributed by atoms with Crippen LogP contribution in [0.3, 0.4) is 0 Å². The van der Waals surface area contributed by atoms with Gasteiger partial charge in [0.05, 0.1) is 18.2 Å². The molecule has 31 heavy (non-hydrogen) atoms. The first-order chi connectivity index (χ1) is 15.1. The maximum Gasteiger partial charge on any atom is 0.256 e. The van der Waals surface area contributed by atoms with Crippen LogP contribution in [0, 0.1) is 5.21 Å². The highest BCUT2D eigenvalue weighted by Gasteiger charge is 2.26. The van der Waals surface area contributed by atoms with Gasteiger partial charge in [-0.15, -0.1) is 0 Å². The van der Waals surface area contributed by atoms with Crippen LogP contribution in [0.4, 0.5) is 0 Å². The Labute approximate surface area is 180 Å². The summed E-state index contributed by atoms with van der Waals surface area (Å²) in [4.78, 5) is 18.3. The third-order valence-electron chi connectivity index (χ3n) is 5.25. The second-order valence-corrected chi connectivity index (χ2v) is 7.14. The smallest absolute Gasteiger partial charge is 0.256 e. The molecule has 156 valence electrons. The van der Waals surface area contributed by atoms with E-state index in [0.29, 0.717) is 40.0 Å². The van der Waals surface area contributed by atoms with Crippen molar-refractivity contribution in [2.45, 2.75) is 19.4 Å². The SMILES string of the molecule is CCC(NC(=O)c1c(OC)c(-c2ccccc2)nc2ccccc12)c1cccc[n+]1[O-]. The van der Waals surface area contributed by atoms with Crippen LogP contribution in [0.5, 0.6) is 5.75 Å².